The van der Waals surface area contributed by atoms with Crippen LogP contribution >= 0.6 is 0 Å². The monoisotopic (exact) mass is 887 g/mol. The Balaban J connectivity index is 1.26. The lowest BCUT2D eigenvalue weighted by molar-refractivity contribution is -0.244. The third-order valence-corrected chi connectivity index (χ3v) is 14.7. The number of methoxy groups -OCH3 is 1. The number of allylic oxidation sites excluding steroid dienone is 1. The normalized spacial score (nSPS) is 28.3. The Morgan fingerprint density at radius 1 is 1.08 bits per heavy atom. The third kappa shape index (κ3) is 8.92. The van der Waals surface area contributed by atoms with Crippen LogP contribution in [0.5, 0.6) is 11.5 Å². The van der Waals surface area contributed by atoms with Crippen molar-refractivity contribution in [2.24, 2.45) is 17.8 Å². The SMILES string of the molecule is COc1ccc2c(O[C@@H]3C[C@H]4C(=O)N[C@]5(C(=O)NS(=O)(=O)C6(C)CC6)C[C@H]5/C=C\CC[C@@H](C)C[C@@H](C)[C@H](NC(=O)OC(C)(C)C(F)(F)F)C(=O)N4C3)cc(-n3cccn3)nc2c1. The van der Waals surface area contributed by atoms with Gasteiger partial charge in [0, 0.05) is 42.3 Å². The van der Waals surface area contributed by atoms with Crippen molar-refractivity contribution in [2.75, 3.05) is 13.7 Å². The molecule has 4 amide bonds. The molecule has 0 spiro atoms. The number of pyridine rings is 1. The first-order valence-electron chi connectivity index (χ1n) is 20.6. The molecule has 62 heavy (non-hydrogen) atoms. The fourth-order valence-corrected chi connectivity index (χ4v) is 9.44. The molecular weight excluding hydrogens is 836 g/mol. The van der Waals surface area contributed by atoms with E-state index < -0.39 is 85.9 Å². The summed E-state index contributed by atoms with van der Waals surface area (Å²) in [7, 11) is -2.59. The molecule has 0 unspecified atom stereocenters. The van der Waals surface area contributed by atoms with Crippen LogP contribution in [0.3, 0.4) is 0 Å². The van der Waals surface area contributed by atoms with Gasteiger partial charge in [0.25, 0.3) is 5.91 Å². The van der Waals surface area contributed by atoms with E-state index in [1.165, 1.54) is 23.6 Å². The molecule has 7 rings (SSSR count). The molecular formula is C42H52F3N7O9S. The van der Waals surface area contributed by atoms with Gasteiger partial charge in [0.1, 0.15) is 35.2 Å². The van der Waals surface area contributed by atoms with E-state index in [2.05, 4.69) is 20.5 Å². The van der Waals surface area contributed by atoms with Gasteiger partial charge in [0.2, 0.25) is 27.4 Å². The van der Waals surface area contributed by atoms with E-state index in [0.717, 1.165) is 0 Å². The van der Waals surface area contributed by atoms with Crippen molar-refractivity contribution in [3.05, 3.63) is 54.9 Å². The molecule has 0 bridgehead atoms. The Hall–Kier alpha value is -5.40. The first kappa shape index (κ1) is 44.6. The average molecular weight is 888 g/mol. The molecule has 4 aliphatic rings. The summed E-state index contributed by atoms with van der Waals surface area (Å²) in [6.45, 7) is 6.31. The number of amides is 4. The maximum absolute atomic E-state index is 14.9. The molecule has 7 atom stereocenters. The number of sulfonamides is 1. The fraction of sp³-hybridized carbons (Fsp3) is 0.571. The van der Waals surface area contributed by atoms with E-state index in [4.69, 9.17) is 19.2 Å². The van der Waals surface area contributed by atoms with Crippen LogP contribution in [0.15, 0.2) is 54.9 Å². The molecule has 2 aliphatic carbocycles. The van der Waals surface area contributed by atoms with Crippen molar-refractivity contribution in [2.45, 2.75) is 120 Å². The van der Waals surface area contributed by atoms with Crippen LogP contribution in [0.1, 0.15) is 79.6 Å². The summed E-state index contributed by atoms with van der Waals surface area (Å²) in [5, 5.41) is 10.1. The number of hydrogen-bond acceptors (Lipinski definition) is 11. The first-order chi connectivity index (χ1) is 29.1. The highest BCUT2D eigenvalue weighted by atomic mass is 32.2. The second-order valence-corrected chi connectivity index (χ2v) is 20.0. The molecule has 3 fully saturated rings. The Bertz CT molecular complexity index is 2370. The number of benzene rings is 1. The number of fused-ring (bicyclic) bond motifs is 3. The number of alkyl halides is 3. The van der Waals surface area contributed by atoms with Gasteiger partial charge in [-0.25, -0.2) is 22.9 Å². The van der Waals surface area contributed by atoms with Gasteiger partial charge in [0.15, 0.2) is 5.82 Å². The van der Waals surface area contributed by atoms with Crippen molar-refractivity contribution >= 4 is 44.7 Å². The fourth-order valence-electron chi connectivity index (χ4n) is 8.13. The maximum Gasteiger partial charge on any atom is 0.427 e. The maximum atomic E-state index is 14.9. The van der Waals surface area contributed by atoms with Crippen LogP contribution < -0.4 is 24.8 Å². The van der Waals surface area contributed by atoms with Gasteiger partial charge in [-0.1, -0.05) is 26.0 Å². The lowest BCUT2D eigenvalue weighted by Crippen LogP contribution is -2.59. The van der Waals surface area contributed by atoms with Crippen molar-refractivity contribution < 1.29 is 55.0 Å². The van der Waals surface area contributed by atoms with E-state index >= 15 is 0 Å². The molecule has 4 heterocycles. The highest BCUT2D eigenvalue weighted by molar-refractivity contribution is 7.91. The summed E-state index contributed by atoms with van der Waals surface area (Å²) in [5.41, 5.74) is -4.08. The van der Waals surface area contributed by atoms with Crippen LogP contribution in [0.2, 0.25) is 0 Å². The average Bonchev–Trinajstić information content (AvgIpc) is 3.94. The minimum absolute atomic E-state index is 0.0519. The molecule has 1 aromatic carbocycles. The van der Waals surface area contributed by atoms with Gasteiger partial charge in [-0.05, 0) is 89.3 Å². The molecule has 2 saturated carbocycles. The Kier molecular flexibility index (Phi) is 11.8. The number of aromatic nitrogens is 3. The smallest absolute Gasteiger partial charge is 0.427 e. The molecule has 336 valence electrons. The number of ether oxygens (including phenoxy) is 3. The van der Waals surface area contributed by atoms with Gasteiger partial charge in [-0.3, -0.25) is 19.1 Å². The number of nitrogens with zero attached hydrogens (tertiary/aromatic N) is 4. The van der Waals surface area contributed by atoms with Crippen LogP contribution in [0, 0.1) is 17.8 Å². The molecule has 16 nitrogen and oxygen atoms in total. The van der Waals surface area contributed by atoms with Gasteiger partial charge >= 0.3 is 12.3 Å². The van der Waals surface area contributed by atoms with Crippen molar-refractivity contribution in [1.82, 2.24) is 35.0 Å². The van der Waals surface area contributed by atoms with E-state index in [-0.39, 0.29) is 25.3 Å². The van der Waals surface area contributed by atoms with Crippen molar-refractivity contribution in [3.63, 3.8) is 0 Å². The van der Waals surface area contributed by atoms with Gasteiger partial charge in [0.05, 0.1) is 23.9 Å². The van der Waals surface area contributed by atoms with Crippen molar-refractivity contribution in [3.8, 4) is 17.3 Å². The molecule has 1 saturated heterocycles. The molecule has 3 aromatic rings. The number of carbonyl (C=O) groups excluding carboxylic acids is 4. The van der Waals surface area contributed by atoms with E-state index in [0.29, 0.717) is 74.2 Å². The molecule has 2 aromatic heterocycles. The summed E-state index contributed by atoms with van der Waals surface area (Å²) >= 11 is 0. The zero-order valence-corrected chi connectivity index (χ0v) is 36.1. The standard InChI is InChI=1S/C42H52F3N7O9S/c1-24-10-7-8-11-26-22-41(26,37(55)50-62(57,58)40(5)14-15-40)49-35(53)31-20-28(23-51(31)36(54)34(25(2)18-24)48-38(56)61-39(3,4)42(43,44)45)60-32-21-33(52-17-9-16-46-52)47-30-19-27(59-6)12-13-29(30)32/h8-9,11-13,16-17,19,21,24-26,28,31,34H,7,10,14-15,18,20,22-23H2,1-6H3,(H,48,56)(H,49,53)(H,50,55)/b11-8-/t24-,25-,26-,28-,31+,34+,41-/m1/s1. The summed E-state index contributed by atoms with van der Waals surface area (Å²) in [5.74, 6) is -2.53. The van der Waals surface area contributed by atoms with Crippen LogP contribution in [0.4, 0.5) is 18.0 Å². The van der Waals surface area contributed by atoms with Gasteiger partial charge < -0.3 is 29.7 Å². The first-order valence-corrected chi connectivity index (χ1v) is 22.1. The Morgan fingerprint density at radius 2 is 1.82 bits per heavy atom. The van der Waals surface area contributed by atoms with Crippen LogP contribution in [-0.2, 0) is 29.1 Å². The lowest BCUT2D eigenvalue weighted by Gasteiger charge is -2.34. The van der Waals surface area contributed by atoms with Gasteiger partial charge in [-0.2, -0.15) is 18.3 Å². The third-order valence-electron chi connectivity index (χ3n) is 12.6. The van der Waals surface area contributed by atoms with Crippen LogP contribution in [-0.4, -0.2) is 106 Å². The molecule has 0 radical (unpaired) electrons. The number of hydrogen-bond donors (Lipinski definition) is 3. The number of halogens is 3. The van der Waals surface area contributed by atoms with Gasteiger partial charge in [-0.15, -0.1) is 0 Å². The van der Waals surface area contributed by atoms with Crippen LogP contribution in [0.25, 0.3) is 16.7 Å². The highest BCUT2D eigenvalue weighted by Crippen LogP contribution is 2.48. The minimum Gasteiger partial charge on any atom is -0.497 e. The highest BCUT2D eigenvalue weighted by Gasteiger charge is 2.63. The van der Waals surface area contributed by atoms with E-state index in [1.54, 1.807) is 55.7 Å². The Labute approximate surface area is 357 Å². The van der Waals surface area contributed by atoms with E-state index in [9.17, 15) is 40.8 Å². The largest absolute Gasteiger partial charge is 0.497 e. The topological polar surface area (TPSA) is 200 Å². The molecule has 20 heteroatoms. The molecule has 3 N–H and O–H groups in total. The second kappa shape index (κ2) is 16.4. The number of nitrogens with one attached hydrogen (secondary N) is 3. The summed E-state index contributed by atoms with van der Waals surface area (Å²) in [6, 6.07) is 5.72. The van der Waals surface area contributed by atoms with E-state index in [1.807, 2.05) is 13.0 Å². The number of alkyl carbamates (subject to hydrolysis) is 1. The summed E-state index contributed by atoms with van der Waals surface area (Å²) in [6.07, 6.45) is 1.80. The quantitative estimate of drug-likeness (QED) is 0.242. The second-order valence-electron chi connectivity index (χ2n) is 17.8. The molecule has 2 aliphatic heterocycles. The number of rotatable bonds is 9. The zero-order chi connectivity index (χ0) is 45.0. The summed E-state index contributed by atoms with van der Waals surface area (Å²) < 4.78 is 87.5. The predicted molar refractivity (Wildman–Crippen MR) is 218 cm³/mol. The Morgan fingerprint density at radius 3 is 2.48 bits per heavy atom. The van der Waals surface area contributed by atoms with Crippen molar-refractivity contribution in [1.29, 1.82) is 0 Å². The minimum atomic E-state index is -4.93. The lowest BCUT2D eigenvalue weighted by atomic mass is 9.88. The number of carbonyl (C=O) groups is 4. The summed E-state index contributed by atoms with van der Waals surface area (Å²) in [4.78, 5) is 62.7. The predicted octanol–water partition coefficient (Wildman–Crippen LogP) is 5.10. The zero-order valence-electron chi connectivity index (χ0n) is 35.3.